The average Bonchev–Trinajstić information content (AvgIpc) is 2.20. The highest BCUT2D eigenvalue weighted by Gasteiger charge is 2.50. The van der Waals surface area contributed by atoms with Crippen molar-refractivity contribution in [3.8, 4) is 0 Å². The first-order valence-corrected chi connectivity index (χ1v) is 4.78. The molecule has 0 aromatic heterocycles. The molecule has 0 aromatic carbocycles. The first-order chi connectivity index (χ1) is 6.28. The van der Waals surface area contributed by atoms with Gasteiger partial charge in [0, 0.05) is 0 Å². The smallest absolute Gasteiger partial charge is 0.400 e. The Labute approximate surface area is 85.6 Å². The molecule has 0 aliphatic carbocycles. The van der Waals surface area contributed by atoms with Gasteiger partial charge in [0.2, 0.25) is 0 Å². The van der Waals surface area contributed by atoms with Crippen LogP contribution in [0.15, 0.2) is 11.5 Å². The molecule has 1 fully saturated rings. The minimum Gasteiger partial charge on any atom is -0.400 e. The molecule has 1 rings (SSSR count). The molecule has 0 spiro atoms. The summed E-state index contributed by atoms with van der Waals surface area (Å²) in [4.78, 5) is 10.4. The molecule has 0 bridgehead atoms. The number of hydrogen-bond acceptors (Lipinski definition) is 3. The minimum atomic E-state index is -0.412. The number of hydrogen-bond donors (Lipinski definition) is 0. The van der Waals surface area contributed by atoms with Crippen LogP contribution < -0.4 is 0 Å². The normalized spacial score (nSPS) is 25.2. The van der Waals surface area contributed by atoms with Crippen LogP contribution in [0.4, 0.5) is 0 Å². The van der Waals surface area contributed by atoms with Crippen molar-refractivity contribution in [3.63, 3.8) is 0 Å². The standard InChI is InChI=1S/C10H17BO3/c1-8(7-12)6-11-13-9(2,3)10(4,5)14-11/h6-7H,1-5H3/b8-6+. The Morgan fingerprint density at radius 1 is 1.14 bits per heavy atom. The average molecular weight is 196 g/mol. The summed E-state index contributed by atoms with van der Waals surface area (Å²) in [5, 5.41) is 0. The fourth-order valence-corrected chi connectivity index (χ4v) is 1.21. The van der Waals surface area contributed by atoms with Crippen molar-refractivity contribution in [1.29, 1.82) is 0 Å². The number of carbonyl (C=O) groups is 1. The highest BCUT2D eigenvalue weighted by Crippen LogP contribution is 2.36. The highest BCUT2D eigenvalue weighted by atomic mass is 16.7. The SMILES string of the molecule is C/C(C=O)=C\B1OC(C)(C)C(C)(C)O1. The lowest BCUT2D eigenvalue weighted by Gasteiger charge is -2.32. The van der Waals surface area contributed by atoms with E-state index in [4.69, 9.17) is 9.31 Å². The Kier molecular flexibility index (Phi) is 2.88. The van der Waals surface area contributed by atoms with Crippen LogP contribution in [0.3, 0.4) is 0 Å². The van der Waals surface area contributed by atoms with Gasteiger partial charge in [0.25, 0.3) is 0 Å². The van der Waals surface area contributed by atoms with Crippen LogP contribution in [0.2, 0.25) is 0 Å². The molecule has 4 heteroatoms. The summed E-state index contributed by atoms with van der Waals surface area (Å²) in [6.45, 7) is 9.67. The summed E-state index contributed by atoms with van der Waals surface area (Å²) in [5.74, 6) is 1.70. The van der Waals surface area contributed by atoms with Gasteiger partial charge in [-0.25, -0.2) is 0 Å². The van der Waals surface area contributed by atoms with Crippen molar-refractivity contribution in [2.24, 2.45) is 0 Å². The molecule has 0 amide bonds. The molecule has 14 heavy (non-hydrogen) atoms. The lowest BCUT2D eigenvalue weighted by Crippen LogP contribution is -2.41. The number of aldehydes is 1. The molecule has 1 heterocycles. The Hall–Kier alpha value is -0.605. The van der Waals surface area contributed by atoms with Crippen molar-refractivity contribution >= 4 is 13.4 Å². The first kappa shape index (κ1) is 11.5. The molecular weight excluding hydrogens is 179 g/mol. The molecule has 1 aliphatic heterocycles. The van der Waals surface area contributed by atoms with Crippen LogP contribution >= 0.6 is 0 Å². The zero-order valence-corrected chi connectivity index (χ0v) is 9.46. The predicted octanol–water partition coefficient (Wildman–Crippen LogP) is 1.76. The second-order valence-corrected chi connectivity index (χ2v) is 4.65. The Balaban J connectivity index is 2.78. The molecule has 0 radical (unpaired) electrons. The molecule has 78 valence electrons. The molecule has 0 N–H and O–H groups in total. The predicted molar refractivity (Wildman–Crippen MR) is 55.9 cm³/mol. The van der Waals surface area contributed by atoms with Gasteiger partial charge in [-0.05, 0) is 46.2 Å². The van der Waals surface area contributed by atoms with Crippen LogP contribution in [0, 0.1) is 0 Å². The zero-order chi connectivity index (χ0) is 11.0. The third-order valence-corrected chi connectivity index (χ3v) is 2.86. The minimum absolute atomic E-state index is 0.336. The maximum Gasteiger partial charge on any atom is 0.487 e. The van der Waals surface area contributed by atoms with Gasteiger partial charge in [0.15, 0.2) is 0 Å². The summed E-state index contributed by atoms with van der Waals surface area (Å²) >= 11 is 0. The third-order valence-electron chi connectivity index (χ3n) is 2.86. The highest BCUT2D eigenvalue weighted by molar-refractivity contribution is 6.52. The summed E-state index contributed by atoms with van der Waals surface area (Å²) in [5.41, 5.74) is -0.0437. The number of allylic oxidation sites excluding steroid dienone is 1. The second-order valence-electron chi connectivity index (χ2n) is 4.65. The van der Waals surface area contributed by atoms with Crippen molar-refractivity contribution in [1.82, 2.24) is 0 Å². The van der Waals surface area contributed by atoms with E-state index >= 15 is 0 Å². The van der Waals surface area contributed by atoms with Crippen molar-refractivity contribution < 1.29 is 14.1 Å². The van der Waals surface area contributed by atoms with Crippen LogP contribution in [0.5, 0.6) is 0 Å². The van der Waals surface area contributed by atoms with E-state index in [9.17, 15) is 4.79 Å². The summed E-state index contributed by atoms with van der Waals surface area (Å²) < 4.78 is 11.4. The monoisotopic (exact) mass is 196 g/mol. The Morgan fingerprint density at radius 3 is 1.93 bits per heavy atom. The van der Waals surface area contributed by atoms with Crippen molar-refractivity contribution in [3.05, 3.63) is 11.5 Å². The number of carbonyl (C=O) groups excluding carboxylic acids is 1. The van der Waals surface area contributed by atoms with Gasteiger partial charge in [-0.2, -0.15) is 0 Å². The fourth-order valence-electron chi connectivity index (χ4n) is 1.21. The van der Waals surface area contributed by atoms with Gasteiger partial charge in [-0.1, -0.05) is 0 Å². The zero-order valence-electron chi connectivity index (χ0n) is 9.46. The fraction of sp³-hybridized carbons (Fsp3) is 0.700. The lowest BCUT2D eigenvalue weighted by molar-refractivity contribution is -0.104. The summed E-state index contributed by atoms with van der Waals surface area (Å²) in [6, 6.07) is 0. The van der Waals surface area contributed by atoms with Crippen LogP contribution in [0.25, 0.3) is 0 Å². The quantitative estimate of drug-likeness (QED) is 0.383. The first-order valence-electron chi connectivity index (χ1n) is 4.78. The van der Waals surface area contributed by atoms with Gasteiger partial charge < -0.3 is 9.31 Å². The molecule has 0 unspecified atom stereocenters. The van der Waals surface area contributed by atoms with E-state index in [1.54, 1.807) is 12.9 Å². The van der Waals surface area contributed by atoms with Crippen molar-refractivity contribution in [2.75, 3.05) is 0 Å². The van der Waals surface area contributed by atoms with Crippen LogP contribution in [-0.4, -0.2) is 24.6 Å². The number of rotatable bonds is 2. The van der Waals surface area contributed by atoms with Gasteiger partial charge in [0.1, 0.15) is 6.29 Å². The lowest BCUT2D eigenvalue weighted by atomic mass is 9.88. The van der Waals surface area contributed by atoms with Crippen LogP contribution in [-0.2, 0) is 14.1 Å². The van der Waals surface area contributed by atoms with Gasteiger partial charge >= 0.3 is 7.12 Å². The Morgan fingerprint density at radius 2 is 1.57 bits per heavy atom. The van der Waals surface area contributed by atoms with E-state index in [0.29, 0.717) is 5.57 Å². The molecule has 1 aliphatic rings. The van der Waals surface area contributed by atoms with E-state index in [2.05, 4.69) is 0 Å². The van der Waals surface area contributed by atoms with Gasteiger partial charge in [-0.15, -0.1) is 0 Å². The molecular formula is C10H17BO3. The molecule has 0 atom stereocenters. The maximum atomic E-state index is 10.4. The molecule has 0 aromatic rings. The summed E-state index contributed by atoms with van der Waals surface area (Å²) in [6.07, 6.45) is 0.797. The van der Waals surface area contributed by atoms with E-state index in [0.717, 1.165) is 6.29 Å². The topological polar surface area (TPSA) is 35.5 Å². The van der Waals surface area contributed by atoms with Gasteiger partial charge in [-0.3, -0.25) is 4.79 Å². The molecule has 3 nitrogen and oxygen atoms in total. The van der Waals surface area contributed by atoms with E-state index < -0.39 is 7.12 Å². The van der Waals surface area contributed by atoms with Crippen LogP contribution in [0.1, 0.15) is 34.6 Å². The van der Waals surface area contributed by atoms with Crippen molar-refractivity contribution in [2.45, 2.75) is 45.8 Å². The summed E-state index contributed by atoms with van der Waals surface area (Å²) in [7, 11) is -0.412. The molecule has 1 saturated heterocycles. The Bertz CT molecular complexity index is 253. The molecule has 0 saturated carbocycles. The largest absolute Gasteiger partial charge is 0.487 e. The van der Waals surface area contributed by atoms with E-state index in [1.807, 2.05) is 27.7 Å². The second kappa shape index (κ2) is 3.52. The van der Waals surface area contributed by atoms with Gasteiger partial charge in [0.05, 0.1) is 11.2 Å². The maximum absolute atomic E-state index is 10.4. The third kappa shape index (κ3) is 2.07. The van der Waals surface area contributed by atoms with E-state index in [-0.39, 0.29) is 11.2 Å². The van der Waals surface area contributed by atoms with E-state index in [1.165, 1.54) is 0 Å².